The van der Waals surface area contributed by atoms with Crippen LogP contribution in [0.4, 0.5) is 0 Å². The monoisotopic (exact) mass is 245 g/mol. The molecule has 2 rings (SSSR count). The first-order valence-corrected chi connectivity index (χ1v) is 6.33. The van der Waals surface area contributed by atoms with Gasteiger partial charge in [0.15, 0.2) is 0 Å². The molecule has 1 aliphatic rings. The lowest BCUT2D eigenvalue weighted by Crippen LogP contribution is -2.26. The predicted octanol–water partition coefficient (Wildman–Crippen LogP) is 1.86. The van der Waals surface area contributed by atoms with Crippen LogP contribution in [0.5, 0.6) is 5.75 Å². The fourth-order valence-electron chi connectivity index (χ4n) is 1.99. The molecule has 18 heavy (non-hydrogen) atoms. The zero-order valence-electron chi connectivity index (χ0n) is 10.7. The van der Waals surface area contributed by atoms with E-state index in [2.05, 4.69) is 11.8 Å². The Balaban J connectivity index is 2.04. The van der Waals surface area contributed by atoms with Crippen LogP contribution in [0.25, 0.3) is 0 Å². The minimum Gasteiger partial charge on any atom is -0.490 e. The summed E-state index contributed by atoms with van der Waals surface area (Å²) in [6.07, 6.45) is 2.21. The van der Waals surface area contributed by atoms with Crippen LogP contribution in [-0.2, 0) is 4.74 Å². The number of ether oxygens (including phenoxy) is 2. The van der Waals surface area contributed by atoms with Gasteiger partial charge in [-0.3, -0.25) is 0 Å². The molecule has 0 spiro atoms. The summed E-state index contributed by atoms with van der Waals surface area (Å²) in [5, 5.41) is 0. The molecule has 1 aliphatic heterocycles. The van der Waals surface area contributed by atoms with Gasteiger partial charge in [0, 0.05) is 18.4 Å². The molecule has 0 saturated carbocycles. The van der Waals surface area contributed by atoms with Crippen molar-refractivity contribution in [1.82, 2.24) is 0 Å². The summed E-state index contributed by atoms with van der Waals surface area (Å²) in [5.74, 6) is 6.82. The summed E-state index contributed by atoms with van der Waals surface area (Å²) in [6, 6.07) is 6.01. The summed E-state index contributed by atoms with van der Waals surface area (Å²) in [4.78, 5) is 0. The molecule has 2 N–H and O–H groups in total. The van der Waals surface area contributed by atoms with Crippen molar-refractivity contribution in [3.63, 3.8) is 0 Å². The van der Waals surface area contributed by atoms with Gasteiger partial charge in [-0.1, -0.05) is 11.8 Å². The largest absolute Gasteiger partial charge is 0.490 e. The molecule has 1 aromatic rings. The third-order valence-electron chi connectivity index (χ3n) is 2.97. The van der Waals surface area contributed by atoms with E-state index >= 15 is 0 Å². The third kappa shape index (κ3) is 3.49. The first-order valence-electron chi connectivity index (χ1n) is 6.33. The van der Waals surface area contributed by atoms with Crippen molar-refractivity contribution in [2.75, 3.05) is 19.8 Å². The highest BCUT2D eigenvalue weighted by molar-refractivity contribution is 5.43. The van der Waals surface area contributed by atoms with E-state index in [1.807, 2.05) is 25.1 Å². The second-order valence-electron chi connectivity index (χ2n) is 4.42. The number of hydrogen-bond acceptors (Lipinski definition) is 3. The Morgan fingerprint density at radius 2 is 2.17 bits per heavy atom. The van der Waals surface area contributed by atoms with Crippen molar-refractivity contribution < 1.29 is 9.47 Å². The highest BCUT2D eigenvalue weighted by atomic mass is 16.5. The number of rotatable bonds is 2. The lowest BCUT2D eigenvalue weighted by atomic mass is 10.1. The van der Waals surface area contributed by atoms with Crippen molar-refractivity contribution in [2.24, 2.45) is 5.73 Å². The van der Waals surface area contributed by atoms with Gasteiger partial charge in [-0.2, -0.15) is 0 Å². The molecule has 1 fully saturated rings. The van der Waals surface area contributed by atoms with Crippen LogP contribution in [0.3, 0.4) is 0 Å². The Morgan fingerprint density at radius 1 is 1.39 bits per heavy atom. The van der Waals surface area contributed by atoms with Crippen LogP contribution in [-0.4, -0.2) is 25.9 Å². The summed E-state index contributed by atoms with van der Waals surface area (Å²) >= 11 is 0. The van der Waals surface area contributed by atoms with Crippen molar-refractivity contribution in [3.05, 3.63) is 29.3 Å². The minimum absolute atomic E-state index is 0.276. The van der Waals surface area contributed by atoms with Gasteiger partial charge in [0.1, 0.15) is 11.9 Å². The average molecular weight is 245 g/mol. The van der Waals surface area contributed by atoms with E-state index < -0.39 is 0 Å². The standard InChI is InChI=1S/C15H19NO2/c1-12-11-13(3-2-8-16)4-5-15(12)18-14-6-9-17-10-7-14/h4-5,11,14H,6-10,16H2,1H3. The molecule has 3 nitrogen and oxygen atoms in total. The highest BCUT2D eigenvalue weighted by Crippen LogP contribution is 2.22. The molecule has 0 atom stereocenters. The fraction of sp³-hybridized carbons (Fsp3) is 0.467. The van der Waals surface area contributed by atoms with E-state index in [1.54, 1.807) is 0 Å². The van der Waals surface area contributed by atoms with Crippen LogP contribution in [0.2, 0.25) is 0 Å². The molecule has 1 saturated heterocycles. The van der Waals surface area contributed by atoms with Crippen molar-refractivity contribution in [3.8, 4) is 17.6 Å². The van der Waals surface area contributed by atoms with Gasteiger partial charge in [-0.05, 0) is 30.7 Å². The average Bonchev–Trinajstić information content (AvgIpc) is 2.40. The van der Waals surface area contributed by atoms with Crippen molar-refractivity contribution in [1.29, 1.82) is 0 Å². The molecule has 3 heteroatoms. The molecule has 0 unspecified atom stereocenters. The maximum Gasteiger partial charge on any atom is 0.122 e. The van der Waals surface area contributed by atoms with Gasteiger partial charge in [0.2, 0.25) is 0 Å². The topological polar surface area (TPSA) is 44.5 Å². The Hall–Kier alpha value is -1.50. The fourth-order valence-corrected chi connectivity index (χ4v) is 1.99. The number of hydrogen-bond donors (Lipinski definition) is 1. The van der Waals surface area contributed by atoms with Gasteiger partial charge in [0.25, 0.3) is 0 Å². The molecule has 1 heterocycles. The van der Waals surface area contributed by atoms with E-state index in [4.69, 9.17) is 15.2 Å². The van der Waals surface area contributed by atoms with Gasteiger partial charge in [0.05, 0.1) is 19.8 Å². The van der Waals surface area contributed by atoms with Gasteiger partial charge >= 0.3 is 0 Å². The summed E-state index contributed by atoms with van der Waals surface area (Å²) in [7, 11) is 0. The second kappa shape index (κ2) is 6.44. The molecule has 0 aliphatic carbocycles. The molecular weight excluding hydrogens is 226 g/mol. The SMILES string of the molecule is Cc1cc(C#CCN)ccc1OC1CCOCC1. The van der Waals surface area contributed by atoms with E-state index in [9.17, 15) is 0 Å². The van der Waals surface area contributed by atoms with Gasteiger partial charge in [-0.15, -0.1) is 0 Å². The van der Waals surface area contributed by atoms with Crippen LogP contribution in [0, 0.1) is 18.8 Å². The number of aryl methyl sites for hydroxylation is 1. The van der Waals surface area contributed by atoms with Crippen molar-refractivity contribution in [2.45, 2.75) is 25.9 Å². The Kier molecular flexibility index (Phi) is 4.63. The number of benzene rings is 1. The number of nitrogens with two attached hydrogens (primary N) is 1. The van der Waals surface area contributed by atoms with Gasteiger partial charge in [-0.25, -0.2) is 0 Å². The molecule has 0 amide bonds. The van der Waals surface area contributed by atoms with Crippen LogP contribution >= 0.6 is 0 Å². The Morgan fingerprint density at radius 3 is 2.83 bits per heavy atom. The molecule has 1 aromatic carbocycles. The molecule has 0 bridgehead atoms. The molecule has 0 radical (unpaired) electrons. The zero-order valence-corrected chi connectivity index (χ0v) is 10.7. The maximum absolute atomic E-state index is 5.99. The van der Waals surface area contributed by atoms with E-state index in [0.29, 0.717) is 6.54 Å². The first kappa shape index (κ1) is 12.9. The van der Waals surface area contributed by atoms with Crippen molar-refractivity contribution >= 4 is 0 Å². The highest BCUT2D eigenvalue weighted by Gasteiger charge is 2.15. The summed E-state index contributed by atoms with van der Waals surface area (Å²) < 4.78 is 11.3. The van der Waals surface area contributed by atoms with Crippen LogP contribution < -0.4 is 10.5 Å². The lowest BCUT2D eigenvalue weighted by Gasteiger charge is -2.24. The zero-order chi connectivity index (χ0) is 12.8. The maximum atomic E-state index is 5.99. The van der Waals surface area contributed by atoms with E-state index in [0.717, 1.165) is 42.9 Å². The summed E-state index contributed by atoms with van der Waals surface area (Å²) in [5.41, 5.74) is 7.46. The van der Waals surface area contributed by atoms with Crippen LogP contribution in [0.15, 0.2) is 18.2 Å². The Labute approximate surface area is 108 Å². The van der Waals surface area contributed by atoms with E-state index in [1.165, 1.54) is 0 Å². The minimum atomic E-state index is 0.276. The van der Waals surface area contributed by atoms with Gasteiger partial charge < -0.3 is 15.2 Å². The first-order chi connectivity index (χ1) is 8.79. The third-order valence-corrected chi connectivity index (χ3v) is 2.97. The Bertz CT molecular complexity index is 453. The normalized spacial score (nSPS) is 15.9. The quantitative estimate of drug-likeness (QED) is 0.809. The lowest BCUT2D eigenvalue weighted by molar-refractivity contribution is 0.0253. The van der Waals surface area contributed by atoms with E-state index in [-0.39, 0.29) is 6.10 Å². The predicted molar refractivity (Wildman–Crippen MR) is 71.6 cm³/mol. The molecule has 96 valence electrons. The summed E-state index contributed by atoms with van der Waals surface area (Å²) in [6.45, 7) is 4.02. The molecule has 0 aromatic heterocycles. The molecular formula is C15H19NO2. The van der Waals surface area contributed by atoms with Crippen LogP contribution in [0.1, 0.15) is 24.0 Å². The smallest absolute Gasteiger partial charge is 0.122 e. The second-order valence-corrected chi connectivity index (χ2v) is 4.42.